The third-order valence-electron chi connectivity index (χ3n) is 3.39. The van der Waals surface area contributed by atoms with Crippen molar-refractivity contribution < 1.29 is 28.8 Å². The third-order valence-corrected chi connectivity index (χ3v) is 4.52. The standard InChI is InChI=1S/C16H17N3O7S/c1-4-25-16(22)14-9(2)5-13(27-14)17-12(20)8-26-15(21)11-6-10(19(23)24)7-18(11)3/h5-7H,4,8H2,1-3H3,(H,17,20). The molecule has 11 heteroatoms. The molecule has 0 bridgehead atoms. The second kappa shape index (κ2) is 8.45. The van der Waals surface area contributed by atoms with E-state index in [9.17, 15) is 24.5 Å². The van der Waals surface area contributed by atoms with E-state index in [1.165, 1.54) is 17.8 Å². The molecule has 1 N–H and O–H groups in total. The lowest BCUT2D eigenvalue weighted by atomic mass is 10.3. The van der Waals surface area contributed by atoms with Crippen LogP contribution in [0.2, 0.25) is 0 Å². The van der Waals surface area contributed by atoms with Crippen LogP contribution in [0.1, 0.15) is 32.6 Å². The lowest BCUT2D eigenvalue weighted by Gasteiger charge is -2.05. The number of nitrogens with one attached hydrogen (secondary N) is 1. The maximum Gasteiger partial charge on any atom is 0.355 e. The summed E-state index contributed by atoms with van der Waals surface area (Å²) in [4.78, 5) is 46.2. The number of esters is 2. The fourth-order valence-corrected chi connectivity index (χ4v) is 3.15. The summed E-state index contributed by atoms with van der Waals surface area (Å²) in [7, 11) is 1.45. The van der Waals surface area contributed by atoms with Crippen molar-refractivity contribution >= 4 is 39.9 Å². The number of ether oxygens (including phenoxy) is 2. The van der Waals surface area contributed by atoms with Gasteiger partial charge < -0.3 is 19.4 Å². The van der Waals surface area contributed by atoms with Crippen LogP contribution in [-0.2, 0) is 21.3 Å². The molecule has 0 aromatic carbocycles. The summed E-state index contributed by atoms with van der Waals surface area (Å²) >= 11 is 1.05. The highest BCUT2D eigenvalue weighted by Crippen LogP contribution is 2.27. The fraction of sp³-hybridized carbons (Fsp3) is 0.312. The molecule has 0 unspecified atom stereocenters. The molecule has 2 aromatic rings. The molecular formula is C16H17N3O7S. The Morgan fingerprint density at radius 1 is 1.26 bits per heavy atom. The first kappa shape index (κ1) is 20.1. The molecule has 0 aliphatic heterocycles. The van der Waals surface area contributed by atoms with Gasteiger partial charge in [0.25, 0.3) is 11.6 Å². The molecule has 0 fully saturated rings. The van der Waals surface area contributed by atoms with Crippen LogP contribution in [0.3, 0.4) is 0 Å². The second-order valence-corrected chi connectivity index (χ2v) is 6.47. The van der Waals surface area contributed by atoms with E-state index in [1.807, 2.05) is 0 Å². The maximum absolute atomic E-state index is 12.0. The van der Waals surface area contributed by atoms with Gasteiger partial charge in [0.15, 0.2) is 6.61 Å². The third kappa shape index (κ3) is 4.91. The molecule has 0 aliphatic carbocycles. The summed E-state index contributed by atoms with van der Waals surface area (Å²) in [5.41, 5.74) is 0.349. The quantitative estimate of drug-likeness (QED) is 0.432. The van der Waals surface area contributed by atoms with Crippen molar-refractivity contribution in [2.24, 2.45) is 7.05 Å². The molecule has 0 saturated carbocycles. The molecule has 144 valence electrons. The highest BCUT2D eigenvalue weighted by Gasteiger charge is 2.20. The van der Waals surface area contributed by atoms with Gasteiger partial charge in [-0.3, -0.25) is 14.9 Å². The number of hydrogen-bond donors (Lipinski definition) is 1. The summed E-state index contributed by atoms with van der Waals surface area (Å²) in [6, 6.07) is 2.67. The van der Waals surface area contributed by atoms with Gasteiger partial charge in [0.2, 0.25) is 0 Å². The average molecular weight is 395 g/mol. The molecule has 10 nitrogen and oxygen atoms in total. The Balaban J connectivity index is 1.95. The summed E-state index contributed by atoms with van der Waals surface area (Å²) in [6.45, 7) is 3.06. The number of amides is 1. The summed E-state index contributed by atoms with van der Waals surface area (Å²) < 4.78 is 11.0. The van der Waals surface area contributed by atoms with E-state index in [1.54, 1.807) is 19.9 Å². The number of hydrogen-bond acceptors (Lipinski definition) is 8. The predicted octanol–water partition coefficient (Wildman–Crippen LogP) is 2.28. The monoisotopic (exact) mass is 395 g/mol. The number of nitro groups is 1. The zero-order valence-corrected chi connectivity index (χ0v) is 15.6. The van der Waals surface area contributed by atoms with E-state index in [2.05, 4.69) is 5.32 Å². The number of anilines is 1. The van der Waals surface area contributed by atoms with Crippen molar-refractivity contribution in [2.45, 2.75) is 13.8 Å². The van der Waals surface area contributed by atoms with E-state index in [4.69, 9.17) is 9.47 Å². The molecule has 1 amide bonds. The fourth-order valence-electron chi connectivity index (χ4n) is 2.17. The van der Waals surface area contributed by atoms with E-state index < -0.39 is 29.4 Å². The first-order chi connectivity index (χ1) is 12.7. The van der Waals surface area contributed by atoms with Gasteiger partial charge in [0.05, 0.1) is 22.7 Å². The molecule has 27 heavy (non-hydrogen) atoms. The Bertz CT molecular complexity index is 900. The van der Waals surface area contributed by atoms with Crippen LogP contribution in [0.15, 0.2) is 18.3 Å². The van der Waals surface area contributed by atoms with Crippen molar-refractivity contribution in [3.05, 3.63) is 44.6 Å². The minimum Gasteiger partial charge on any atom is -0.462 e. The molecule has 2 aromatic heterocycles. The first-order valence-electron chi connectivity index (χ1n) is 7.78. The Morgan fingerprint density at radius 3 is 2.56 bits per heavy atom. The highest BCUT2D eigenvalue weighted by atomic mass is 32.1. The smallest absolute Gasteiger partial charge is 0.355 e. The Kier molecular flexibility index (Phi) is 6.29. The maximum atomic E-state index is 12.0. The number of thiophene rings is 1. The van der Waals surface area contributed by atoms with Gasteiger partial charge in [-0.25, -0.2) is 9.59 Å². The molecule has 0 aliphatic rings. The topological polar surface area (TPSA) is 130 Å². The zero-order chi connectivity index (χ0) is 20.1. The van der Waals surface area contributed by atoms with Crippen LogP contribution in [0.25, 0.3) is 0 Å². The number of nitrogens with zero attached hydrogens (tertiary/aromatic N) is 2. The molecule has 0 atom stereocenters. The van der Waals surface area contributed by atoms with E-state index in [0.29, 0.717) is 15.4 Å². The van der Waals surface area contributed by atoms with Gasteiger partial charge in [-0.05, 0) is 25.5 Å². The zero-order valence-electron chi connectivity index (χ0n) is 14.8. The molecule has 0 radical (unpaired) electrons. The van der Waals surface area contributed by atoms with E-state index >= 15 is 0 Å². The van der Waals surface area contributed by atoms with E-state index in [-0.39, 0.29) is 18.0 Å². The molecule has 2 heterocycles. The van der Waals surface area contributed by atoms with Crippen LogP contribution in [0.4, 0.5) is 10.7 Å². The molecule has 2 rings (SSSR count). The Morgan fingerprint density at radius 2 is 1.96 bits per heavy atom. The predicted molar refractivity (Wildman–Crippen MR) is 96.0 cm³/mol. The number of rotatable bonds is 7. The average Bonchev–Trinajstić information content (AvgIpc) is 3.16. The highest BCUT2D eigenvalue weighted by molar-refractivity contribution is 7.18. The lowest BCUT2D eigenvalue weighted by Crippen LogP contribution is -2.21. The van der Waals surface area contributed by atoms with Crippen molar-refractivity contribution in [2.75, 3.05) is 18.5 Å². The van der Waals surface area contributed by atoms with Crippen LogP contribution in [-0.4, -0.2) is 40.5 Å². The summed E-state index contributed by atoms with van der Waals surface area (Å²) in [6.07, 6.45) is 1.17. The number of carbonyl (C=O) groups is 3. The molecule has 0 spiro atoms. The van der Waals surface area contributed by atoms with Gasteiger partial charge in [0, 0.05) is 13.1 Å². The largest absolute Gasteiger partial charge is 0.462 e. The van der Waals surface area contributed by atoms with Crippen LogP contribution < -0.4 is 5.32 Å². The van der Waals surface area contributed by atoms with Crippen molar-refractivity contribution in [1.29, 1.82) is 0 Å². The van der Waals surface area contributed by atoms with Crippen LogP contribution in [0, 0.1) is 17.0 Å². The SMILES string of the molecule is CCOC(=O)c1sc(NC(=O)COC(=O)c2cc([N+](=O)[O-])cn2C)cc1C. The van der Waals surface area contributed by atoms with Gasteiger partial charge >= 0.3 is 11.9 Å². The minimum atomic E-state index is -0.865. The van der Waals surface area contributed by atoms with Crippen LogP contribution in [0.5, 0.6) is 0 Å². The van der Waals surface area contributed by atoms with Gasteiger partial charge in [0.1, 0.15) is 10.6 Å². The van der Waals surface area contributed by atoms with Crippen molar-refractivity contribution in [3.63, 3.8) is 0 Å². The Labute approximate surface area is 157 Å². The van der Waals surface area contributed by atoms with Gasteiger partial charge in [-0.15, -0.1) is 11.3 Å². The summed E-state index contributed by atoms with van der Waals surface area (Å²) in [5.74, 6) is -1.95. The van der Waals surface area contributed by atoms with Crippen LogP contribution >= 0.6 is 11.3 Å². The van der Waals surface area contributed by atoms with Gasteiger partial charge in [-0.1, -0.05) is 0 Å². The first-order valence-corrected chi connectivity index (χ1v) is 8.59. The van der Waals surface area contributed by atoms with E-state index in [0.717, 1.165) is 17.4 Å². The minimum absolute atomic E-state index is 0.0499. The number of aryl methyl sites for hydroxylation is 2. The number of aromatic nitrogens is 1. The molecule has 0 saturated heterocycles. The molecular weight excluding hydrogens is 378 g/mol. The lowest BCUT2D eigenvalue weighted by molar-refractivity contribution is -0.384. The van der Waals surface area contributed by atoms with Crippen molar-refractivity contribution in [1.82, 2.24) is 4.57 Å². The second-order valence-electron chi connectivity index (χ2n) is 5.42. The number of carbonyl (C=O) groups excluding carboxylic acids is 3. The van der Waals surface area contributed by atoms with Gasteiger partial charge in [-0.2, -0.15) is 0 Å². The normalized spacial score (nSPS) is 10.3. The van der Waals surface area contributed by atoms with Crippen molar-refractivity contribution in [3.8, 4) is 0 Å². The summed E-state index contributed by atoms with van der Waals surface area (Å²) in [5, 5.41) is 13.7. The Hall–Kier alpha value is -3.21.